The summed E-state index contributed by atoms with van der Waals surface area (Å²) < 4.78 is 31.9. The van der Waals surface area contributed by atoms with Crippen LogP contribution in [0.2, 0.25) is 0 Å². The molecule has 6 nitrogen and oxygen atoms in total. The average molecular weight is 326 g/mol. The Balaban J connectivity index is 1.98. The van der Waals surface area contributed by atoms with E-state index in [1.807, 2.05) is 0 Å². The molecule has 2 N–H and O–H groups in total. The number of ether oxygens (including phenoxy) is 1. The van der Waals surface area contributed by atoms with Crippen molar-refractivity contribution in [3.05, 3.63) is 24.3 Å². The van der Waals surface area contributed by atoms with Crippen molar-refractivity contribution in [2.75, 3.05) is 7.11 Å². The first-order chi connectivity index (χ1) is 10.4. The Kier molecular flexibility index (Phi) is 5.42. The van der Waals surface area contributed by atoms with Crippen molar-refractivity contribution in [3.63, 3.8) is 0 Å². The summed E-state index contributed by atoms with van der Waals surface area (Å²) in [5.74, 6) is 0.287. The smallest absolute Gasteiger partial charge is 0.241 e. The summed E-state index contributed by atoms with van der Waals surface area (Å²) in [6.45, 7) is 1.55. The first kappa shape index (κ1) is 16.8. The maximum Gasteiger partial charge on any atom is 0.241 e. The van der Waals surface area contributed by atoms with Crippen LogP contribution in [0.25, 0.3) is 0 Å². The van der Waals surface area contributed by atoms with Crippen molar-refractivity contribution in [1.82, 2.24) is 10.0 Å². The van der Waals surface area contributed by atoms with Crippen molar-refractivity contribution < 1.29 is 17.9 Å². The van der Waals surface area contributed by atoms with Crippen molar-refractivity contribution in [2.24, 2.45) is 0 Å². The third kappa shape index (κ3) is 4.20. The van der Waals surface area contributed by atoms with Gasteiger partial charge in [-0.1, -0.05) is 12.8 Å². The van der Waals surface area contributed by atoms with Crippen molar-refractivity contribution in [3.8, 4) is 5.75 Å². The third-order valence-electron chi connectivity index (χ3n) is 3.80. The highest BCUT2D eigenvalue weighted by atomic mass is 32.2. The predicted molar refractivity (Wildman–Crippen MR) is 83.2 cm³/mol. The molecule has 2 rings (SSSR count). The lowest BCUT2D eigenvalue weighted by Gasteiger charge is -2.18. The highest BCUT2D eigenvalue weighted by Gasteiger charge is 2.24. The second-order valence-electron chi connectivity index (χ2n) is 5.51. The zero-order chi connectivity index (χ0) is 16.2. The first-order valence-electron chi connectivity index (χ1n) is 7.39. The highest BCUT2D eigenvalue weighted by molar-refractivity contribution is 7.89. The van der Waals surface area contributed by atoms with Crippen molar-refractivity contribution in [2.45, 2.75) is 49.6 Å². The van der Waals surface area contributed by atoms with E-state index in [-0.39, 0.29) is 16.8 Å². The van der Waals surface area contributed by atoms with Crippen LogP contribution in [-0.4, -0.2) is 33.5 Å². The summed E-state index contributed by atoms with van der Waals surface area (Å²) in [7, 11) is -2.22. The molecule has 0 bridgehead atoms. The summed E-state index contributed by atoms with van der Waals surface area (Å²) in [5, 5.41) is 2.89. The fourth-order valence-electron chi connectivity index (χ4n) is 2.51. The molecule has 0 unspecified atom stereocenters. The molecular formula is C15H22N2O4S. The monoisotopic (exact) mass is 326 g/mol. The number of rotatable bonds is 6. The molecule has 122 valence electrons. The number of hydrogen-bond donors (Lipinski definition) is 2. The Morgan fingerprint density at radius 2 is 1.82 bits per heavy atom. The summed E-state index contributed by atoms with van der Waals surface area (Å²) >= 11 is 0. The molecule has 1 atom stereocenters. The fraction of sp³-hybridized carbons (Fsp3) is 0.533. The zero-order valence-corrected chi connectivity index (χ0v) is 13.7. The van der Waals surface area contributed by atoms with E-state index in [1.165, 1.54) is 19.2 Å². The quantitative estimate of drug-likeness (QED) is 0.828. The minimum absolute atomic E-state index is 0.105. The van der Waals surface area contributed by atoms with Gasteiger partial charge in [-0.05, 0) is 44.0 Å². The average Bonchev–Trinajstić information content (AvgIpc) is 2.99. The molecule has 1 amide bonds. The first-order valence-corrected chi connectivity index (χ1v) is 8.87. The van der Waals surface area contributed by atoms with Gasteiger partial charge in [-0.25, -0.2) is 8.42 Å². The summed E-state index contributed by atoms with van der Waals surface area (Å²) in [5.41, 5.74) is 0. The Hall–Kier alpha value is -1.60. The highest BCUT2D eigenvalue weighted by Crippen LogP contribution is 2.18. The molecule has 0 saturated heterocycles. The molecule has 0 heterocycles. The van der Waals surface area contributed by atoms with E-state index < -0.39 is 16.1 Å². The second-order valence-corrected chi connectivity index (χ2v) is 7.22. The van der Waals surface area contributed by atoms with E-state index in [1.54, 1.807) is 19.1 Å². The number of methoxy groups -OCH3 is 1. The van der Waals surface area contributed by atoms with E-state index in [0.29, 0.717) is 5.75 Å². The maximum atomic E-state index is 12.3. The number of hydrogen-bond acceptors (Lipinski definition) is 4. The summed E-state index contributed by atoms with van der Waals surface area (Å²) in [6, 6.07) is 5.38. The van der Waals surface area contributed by atoms with Gasteiger partial charge in [0.2, 0.25) is 15.9 Å². The minimum atomic E-state index is -3.73. The number of nitrogens with one attached hydrogen (secondary N) is 2. The predicted octanol–water partition coefficient (Wildman–Crippen LogP) is 1.42. The van der Waals surface area contributed by atoms with Crippen LogP contribution in [0.5, 0.6) is 5.75 Å². The van der Waals surface area contributed by atoms with Crippen molar-refractivity contribution >= 4 is 15.9 Å². The molecule has 1 aliphatic carbocycles. The Morgan fingerprint density at radius 1 is 1.23 bits per heavy atom. The SMILES string of the molecule is COc1ccc(S(=O)(=O)N[C@@H](C)C(=O)NC2CCCC2)cc1. The zero-order valence-electron chi connectivity index (χ0n) is 12.8. The molecule has 0 spiro atoms. The van der Waals surface area contributed by atoms with Gasteiger partial charge in [0.25, 0.3) is 0 Å². The van der Waals surface area contributed by atoms with Crippen LogP contribution in [0, 0.1) is 0 Å². The molecule has 1 aliphatic rings. The second kappa shape index (κ2) is 7.11. The summed E-state index contributed by atoms with van der Waals surface area (Å²) in [4.78, 5) is 12.2. The lowest BCUT2D eigenvalue weighted by molar-refractivity contribution is -0.123. The van der Waals surface area contributed by atoms with E-state index in [9.17, 15) is 13.2 Å². The Labute approximate surface area is 131 Å². The van der Waals surface area contributed by atoms with Crippen LogP contribution in [0.1, 0.15) is 32.6 Å². The standard InChI is InChI=1S/C15H22N2O4S/c1-11(15(18)16-12-5-3-4-6-12)17-22(19,20)14-9-7-13(21-2)8-10-14/h7-12,17H,3-6H2,1-2H3,(H,16,18)/t11-/m0/s1. The lowest BCUT2D eigenvalue weighted by Crippen LogP contribution is -2.47. The lowest BCUT2D eigenvalue weighted by atomic mass is 10.2. The van der Waals surface area contributed by atoms with E-state index in [0.717, 1.165) is 25.7 Å². The van der Waals surface area contributed by atoms with Crippen molar-refractivity contribution in [1.29, 1.82) is 0 Å². The van der Waals surface area contributed by atoms with E-state index in [2.05, 4.69) is 10.0 Å². The third-order valence-corrected chi connectivity index (χ3v) is 5.35. The normalized spacial score (nSPS) is 17.2. The van der Waals surface area contributed by atoms with Crippen LogP contribution >= 0.6 is 0 Å². The molecule has 7 heteroatoms. The van der Waals surface area contributed by atoms with Crippen LogP contribution < -0.4 is 14.8 Å². The van der Waals surface area contributed by atoms with Gasteiger partial charge in [-0.2, -0.15) is 4.72 Å². The van der Waals surface area contributed by atoms with Gasteiger partial charge >= 0.3 is 0 Å². The molecule has 0 radical (unpaired) electrons. The van der Waals surface area contributed by atoms with Gasteiger partial charge in [-0.15, -0.1) is 0 Å². The molecule has 1 fully saturated rings. The molecule has 1 aromatic carbocycles. The van der Waals surface area contributed by atoms with Gasteiger partial charge in [-0.3, -0.25) is 4.79 Å². The Morgan fingerprint density at radius 3 is 2.36 bits per heavy atom. The Bertz CT molecular complexity index is 607. The number of benzene rings is 1. The number of carbonyl (C=O) groups excluding carboxylic acids is 1. The maximum absolute atomic E-state index is 12.3. The minimum Gasteiger partial charge on any atom is -0.497 e. The van der Waals surface area contributed by atoms with Crippen LogP contribution in [0.15, 0.2) is 29.2 Å². The number of sulfonamides is 1. The van der Waals surface area contributed by atoms with Gasteiger partial charge in [0.1, 0.15) is 5.75 Å². The molecular weight excluding hydrogens is 304 g/mol. The van der Waals surface area contributed by atoms with Gasteiger partial charge in [0.05, 0.1) is 18.0 Å². The van der Waals surface area contributed by atoms with E-state index in [4.69, 9.17) is 4.74 Å². The molecule has 1 saturated carbocycles. The largest absolute Gasteiger partial charge is 0.497 e. The topological polar surface area (TPSA) is 84.5 Å². The van der Waals surface area contributed by atoms with Gasteiger partial charge in [0.15, 0.2) is 0 Å². The van der Waals surface area contributed by atoms with Gasteiger partial charge < -0.3 is 10.1 Å². The molecule has 0 aliphatic heterocycles. The number of carbonyl (C=O) groups is 1. The van der Waals surface area contributed by atoms with Gasteiger partial charge in [0, 0.05) is 6.04 Å². The van der Waals surface area contributed by atoms with Crippen LogP contribution in [0.4, 0.5) is 0 Å². The van der Waals surface area contributed by atoms with Crippen LogP contribution in [0.3, 0.4) is 0 Å². The fourth-order valence-corrected chi connectivity index (χ4v) is 3.71. The molecule has 0 aromatic heterocycles. The molecule has 22 heavy (non-hydrogen) atoms. The van der Waals surface area contributed by atoms with E-state index >= 15 is 0 Å². The molecule has 1 aromatic rings. The number of amides is 1. The summed E-state index contributed by atoms with van der Waals surface area (Å²) in [6.07, 6.45) is 4.14. The van der Waals surface area contributed by atoms with Crippen LogP contribution in [-0.2, 0) is 14.8 Å².